The summed E-state index contributed by atoms with van der Waals surface area (Å²) in [6.07, 6.45) is 2.54. The summed E-state index contributed by atoms with van der Waals surface area (Å²) in [5, 5.41) is 7.12. The van der Waals surface area contributed by atoms with Crippen molar-refractivity contribution < 1.29 is 13.6 Å². The predicted octanol–water partition coefficient (Wildman–Crippen LogP) is 4.27. The van der Waals surface area contributed by atoms with Crippen LogP contribution < -0.4 is 10.2 Å². The first kappa shape index (κ1) is 19.1. The summed E-state index contributed by atoms with van der Waals surface area (Å²) in [6.45, 7) is 2.01. The molecule has 0 aliphatic heterocycles. The van der Waals surface area contributed by atoms with E-state index < -0.39 is 17.5 Å². The van der Waals surface area contributed by atoms with Gasteiger partial charge in [-0.3, -0.25) is 4.79 Å². The highest BCUT2D eigenvalue weighted by Gasteiger charge is 2.27. The van der Waals surface area contributed by atoms with Gasteiger partial charge in [-0.05, 0) is 50.5 Å². The van der Waals surface area contributed by atoms with Crippen LogP contribution in [0.15, 0.2) is 36.4 Å². The predicted molar refractivity (Wildman–Crippen MR) is 109 cm³/mol. The summed E-state index contributed by atoms with van der Waals surface area (Å²) in [7, 11) is 3.11. The SMILES string of the molecule is Cc1ccc(-n2nc(C(=O)Nc3cc(F)c(N(C)C)c(F)c3)c3c2CCC3)cc1. The van der Waals surface area contributed by atoms with Gasteiger partial charge in [0.15, 0.2) is 17.3 Å². The van der Waals surface area contributed by atoms with E-state index in [1.807, 2.05) is 31.2 Å². The van der Waals surface area contributed by atoms with Crippen molar-refractivity contribution in [1.29, 1.82) is 0 Å². The topological polar surface area (TPSA) is 50.2 Å². The maximum atomic E-state index is 14.2. The first-order valence-corrected chi connectivity index (χ1v) is 9.50. The molecule has 1 N–H and O–H groups in total. The van der Waals surface area contributed by atoms with Gasteiger partial charge >= 0.3 is 0 Å². The third-order valence-corrected chi connectivity index (χ3v) is 5.15. The van der Waals surface area contributed by atoms with E-state index in [1.54, 1.807) is 18.8 Å². The molecule has 150 valence electrons. The van der Waals surface area contributed by atoms with Crippen LogP contribution in [0.5, 0.6) is 0 Å². The summed E-state index contributed by atoms with van der Waals surface area (Å²) in [5.41, 5.74) is 4.16. The summed E-state index contributed by atoms with van der Waals surface area (Å²) in [5.74, 6) is -1.94. The lowest BCUT2D eigenvalue weighted by atomic mass is 10.2. The van der Waals surface area contributed by atoms with Crippen LogP contribution >= 0.6 is 0 Å². The van der Waals surface area contributed by atoms with E-state index >= 15 is 0 Å². The molecule has 1 amide bonds. The number of aromatic nitrogens is 2. The average molecular weight is 396 g/mol. The van der Waals surface area contributed by atoms with Crippen LogP contribution in [-0.4, -0.2) is 29.8 Å². The normalized spacial score (nSPS) is 12.7. The fraction of sp³-hybridized carbons (Fsp3) is 0.273. The van der Waals surface area contributed by atoms with Crippen LogP contribution in [-0.2, 0) is 12.8 Å². The van der Waals surface area contributed by atoms with Gasteiger partial charge in [-0.1, -0.05) is 17.7 Å². The smallest absolute Gasteiger partial charge is 0.276 e. The highest BCUT2D eigenvalue weighted by molar-refractivity contribution is 6.04. The highest BCUT2D eigenvalue weighted by atomic mass is 19.1. The van der Waals surface area contributed by atoms with E-state index in [0.29, 0.717) is 5.69 Å². The van der Waals surface area contributed by atoms with Crippen molar-refractivity contribution in [2.75, 3.05) is 24.3 Å². The van der Waals surface area contributed by atoms with Gasteiger partial charge in [-0.25, -0.2) is 13.5 Å². The van der Waals surface area contributed by atoms with Gasteiger partial charge in [0.2, 0.25) is 0 Å². The van der Waals surface area contributed by atoms with E-state index in [1.165, 1.54) is 4.90 Å². The molecule has 29 heavy (non-hydrogen) atoms. The minimum Gasteiger partial charge on any atom is -0.373 e. The molecule has 7 heteroatoms. The van der Waals surface area contributed by atoms with Crippen molar-refractivity contribution in [2.24, 2.45) is 0 Å². The second kappa shape index (κ2) is 7.31. The molecule has 0 spiro atoms. The van der Waals surface area contributed by atoms with Gasteiger partial charge in [0, 0.05) is 31.0 Å². The van der Waals surface area contributed by atoms with Crippen molar-refractivity contribution in [3.05, 3.63) is 70.5 Å². The van der Waals surface area contributed by atoms with E-state index in [4.69, 9.17) is 0 Å². The van der Waals surface area contributed by atoms with E-state index in [9.17, 15) is 13.6 Å². The number of fused-ring (bicyclic) bond motifs is 1. The molecule has 0 fully saturated rings. The van der Waals surface area contributed by atoms with Gasteiger partial charge in [-0.2, -0.15) is 5.10 Å². The minimum absolute atomic E-state index is 0.0623. The molecular weight excluding hydrogens is 374 g/mol. The van der Waals surface area contributed by atoms with Crippen LogP contribution in [0.2, 0.25) is 0 Å². The summed E-state index contributed by atoms with van der Waals surface area (Å²) in [6, 6.07) is 10.2. The van der Waals surface area contributed by atoms with Gasteiger partial charge in [0.25, 0.3) is 5.91 Å². The summed E-state index contributed by atoms with van der Waals surface area (Å²) in [4.78, 5) is 14.2. The fourth-order valence-corrected chi connectivity index (χ4v) is 3.77. The number of carbonyl (C=O) groups is 1. The van der Waals surface area contributed by atoms with Crippen molar-refractivity contribution in [3.8, 4) is 5.69 Å². The van der Waals surface area contributed by atoms with Gasteiger partial charge < -0.3 is 10.2 Å². The Morgan fingerprint density at radius 1 is 1.10 bits per heavy atom. The van der Waals surface area contributed by atoms with Gasteiger partial charge in [0.1, 0.15) is 5.69 Å². The molecule has 5 nitrogen and oxygen atoms in total. The number of aryl methyl sites for hydroxylation is 1. The Kier molecular flexibility index (Phi) is 4.82. The molecule has 1 aliphatic carbocycles. The molecular formula is C22H22F2N4O. The highest BCUT2D eigenvalue weighted by Crippen LogP contribution is 2.30. The number of hydrogen-bond acceptors (Lipinski definition) is 3. The monoisotopic (exact) mass is 396 g/mol. The first-order chi connectivity index (χ1) is 13.8. The lowest BCUT2D eigenvalue weighted by Crippen LogP contribution is -2.17. The van der Waals surface area contributed by atoms with Crippen molar-refractivity contribution in [2.45, 2.75) is 26.2 Å². The lowest BCUT2D eigenvalue weighted by molar-refractivity contribution is 0.102. The number of rotatable bonds is 4. The molecule has 0 saturated carbocycles. The molecule has 1 aromatic heterocycles. The number of carbonyl (C=O) groups excluding carboxylic acids is 1. The first-order valence-electron chi connectivity index (χ1n) is 9.50. The Hall–Kier alpha value is -3.22. The van der Waals surface area contributed by atoms with E-state index in [-0.39, 0.29) is 11.4 Å². The second-order valence-corrected chi connectivity index (χ2v) is 7.51. The summed E-state index contributed by atoms with van der Waals surface area (Å²) >= 11 is 0. The Morgan fingerprint density at radius 3 is 2.38 bits per heavy atom. The number of anilines is 2. The van der Waals surface area contributed by atoms with Crippen molar-refractivity contribution >= 4 is 17.3 Å². The Balaban J connectivity index is 1.67. The maximum absolute atomic E-state index is 14.2. The molecule has 2 aromatic carbocycles. The standard InChI is InChI=1S/C22H22F2N4O/c1-13-7-9-15(10-8-13)28-19-6-4-5-16(19)20(26-28)22(29)25-14-11-17(23)21(27(2)3)18(24)12-14/h7-12H,4-6H2,1-3H3,(H,25,29). The van der Waals surface area contributed by atoms with Crippen molar-refractivity contribution in [3.63, 3.8) is 0 Å². The molecule has 3 aromatic rings. The molecule has 0 unspecified atom stereocenters. The Labute approximate surface area is 168 Å². The number of benzene rings is 2. The third kappa shape index (κ3) is 3.48. The Morgan fingerprint density at radius 2 is 1.76 bits per heavy atom. The molecule has 4 rings (SSSR count). The minimum atomic E-state index is -0.735. The largest absolute Gasteiger partial charge is 0.373 e. The van der Waals surface area contributed by atoms with Crippen LogP contribution in [0.3, 0.4) is 0 Å². The van der Waals surface area contributed by atoms with Crippen LogP contribution in [0.1, 0.15) is 33.7 Å². The Bertz CT molecular complexity index is 1060. The fourth-order valence-electron chi connectivity index (χ4n) is 3.77. The van der Waals surface area contributed by atoms with E-state index in [2.05, 4.69) is 10.4 Å². The maximum Gasteiger partial charge on any atom is 0.276 e. The average Bonchev–Trinajstić information content (AvgIpc) is 3.24. The van der Waals surface area contributed by atoms with Crippen LogP contribution in [0.25, 0.3) is 5.69 Å². The zero-order valence-corrected chi connectivity index (χ0v) is 16.6. The molecule has 1 heterocycles. The lowest BCUT2D eigenvalue weighted by Gasteiger charge is -2.15. The third-order valence-electron chi connectivity index (χ3n) is 5.15. The molecule has 0 saturated heterocycles. The van der Waals surface area contributed by atoms with Crippen LogP contribution in [0.4, 0.5) is 20.2 Å². The number of hydrogen-bond donors (Lipinski definition) is 1. The van der Waals surface area contributed by atoms with Gasteiger partial charge in [-0.15, -0.1) is 0 Å². The van der Waals surface area contributed by atoms with E-state index in [0.717, 1.165) is 53.9 Å². The number of halogens is 2. The molecule has 0 bridgehead atoms. The zero-order chi connectivity index (χ0) is 20.7. The number of nitrogens with one attached hydrogen (secondary N) is 1. The zero-order valence-electron chi connectivity index (χ0n) is 16.6. The second-order valence-electron chi connectivity index (χ2n) is 7.51. The molecule has 1 aliphatic rings. The molecule has 0 atom stereocenters. The summed E-state index contributed by atoms with van der Waals surface area (Å²) < 4.78 is 30.3. The number of nitrogens with zero attached hydrogens (tertiary/aromatic N) is 3. The van der Waals surface area contributed by atoms with Crippen molar-refractivity contribution in [1.82, 2.24) is 9.78 Å². The number of amides is 1. The van der Waals surface area contributed by atoms with Crippen LogP contribution in [0, 0.1) is 18.6 Å². The quantitative estimate of drug-likeness (QED) is 0.717. The van der Waals surface area contributed by atoms with Gasteiger partial charge in [0.05, 0.1) is 5.69 Å². The molecule has 0 radical (unpaired) electrons.